The zero-order chi connectivity index (χ0) is 18.4. The smallest absolute Gasteiger partial charge is 0.226 e. The molecule has 3 aliphatic rings. The molecule has 7 nitrogen and oxygen atoms in total. The van der Waals surface area contributed by atoms with Crippen LogP contribution in [0.5, 0.6) is 0 Å². The molecule has 0 aromatic carbocycles. The van der Waals surface area contributed by atoms with E-state index in [4.69, 9.17) is 0 Å². The van der Waals surface area contributed by atoms with Crippen LogP contribution in [0.2, 0.25) is 0 Å². The number of imidazole rings is 1. The van der Waals surface area contributed by atoms with E-state index in [2.05, 4.69) is 30.0 Å². The predicted octanol–water partition coefficient (Wildman–Crippen LogP) is 2.19. The van der Waals surface area contributed by atoms with E-state index < -0.39 is 0 Å². The number of anilines is 1. The van der Waals surface area contributed by atoms with E-state index in [1.807, 2.05) is 19.1 Å². The maximum absolute atomic E-state index is 13.2. The van der Waals surface area contributed by atoms with Gasteiger partial charge in [-0.2, -0.15) is 5.10 Å². The SMILES string of the molecule is Cc1ccc(N2CCC3(CC2)c2nc[nH]c2CCN3C(=O)C2CCC2)nn1. The van der Waals surface area contributed by atoms with Gasteiger partial charge in [-0.05, 0) is 44.7 Å². The van der Waals surface area contributed by atoms with Crippen LogP contribution in [0.15, 0.2) is 18.5 Å². The molecule has 0 atom stereocenters. The van der Waals surface area contributed by atoms with Gasteiger partial charge in [-0.3, -0.25) is 4.79 Å². The van der Waals surface area contributed by atoms with Crippen molar-refractivity contribution in [1.82, 2.24) is 25.1 Å². The summed E-state index contributed by atoms with van der Waals surface area (Å²) in [7, 11) is 0. The van der Waals surface area contributed by atoms with Crippen LogP contribution in [-0.4, -0.2) is 50.6 Å². The summed E-state index contributed by atoms with van der Waals surface area (Å²) in [5.41, 5.74) is 2.96. The molecule has 1 amide bonds. The highest BCUT2D eigenvalue weighted by Crippen LogP contribution is 2.44. The van der Waals surface area contributed by atoms with Crippen molar-refractivity contribution in [3.05, 3.63) is 35.5 Å². The molecule has 2 aromatic heterocycles. The molecular weight excluding hydrogens is 340 g/mol. The van der Waals surface area contributed by atoms with E-state index in [-0.39, 0.29) is 11.5 Å². The van der Waals surface area contributed by atoms with Gasteiger partial charge in [0.15, 0.2) is 5.82 Å². The van der Waals surface area contributed by atoms with Gasteiger partial charge in [0.2, 0.25) is 5.91 Å². The number of carbonyl (C=O) groups is 1. The molecule has 1 saturated heterocycles. The Hall–Kier alpha value is -2.44. The molecule has 2 aromatic rings. The number of hydrogen-bond donors (Lipinski definition) is 1. The third-order valence-corrected chi connectivity index (χ3v) is 6.68. The van der Waals surface area contributed by atoms with Gasteiger partial charge in [-0.15, -0.1) is 5.10 Å². The number of carbonyl (C=O) groups excluding carboxylic acids is 1. The van der Waals surface area contributed by atoms with Crippen molar-refractivity contribution in [3.63, 3.8) is 0 Å². The van der Waals surface area contributed by atoms with Gasteiger partial charge in [0.05, 0.1) is 23.3 Å². The largest absolute Gasteiger partial charge is 0.355 e. The number of aryl methyl sites for hydroxylation is 1. The number of aromatic nitrogens is 4. The van der Waals surface area contributed by atoms with Gasteiger partial charge in [0.25, 0.3) is 0 Å². The Morgan fingerprint density at radius 3 is 2.67 bits per heavy atom. The maximum atomic E-state index is 13.2. The van der Waals surface area contributed by atoms with Crippen molar-refractivity contribution in [2.45, 2.75) is 51.0 Å². The van der Waals surface area contributed by atoms with Crippen molar-refractivity contribution >= 4 is 11.7 Å². The van der Waals surface area contributed by atoms with E-state index in [1.54, 1.807) is 6.33 Å². The first kappa shape index (κ1) is 16.7. The molecule has 1 aliphatic carbocycles. The Labute approximate surface area is 159 Å². The van der Waals surface area contributed by atoms with Crippen molar-refractivity contribution < 1.29 is 4.79 Å². The summed E-state index contributed by atoms with van der Waals surface area (Å²) in [6, 6.07) is 4.05. The summed E-state index contributed by atoms with van der Waals surface area (Å²) >= 11 is 0. The fourth-order valence-electron chi connectivity index (χ4n) is 4.85. The highest BCUT2D eigenvalue weighted by molar-refractivity contribution is 5.81. The van der Waals surface area contributed by atoms with Crippen molar-refractivity contribution in [2.24, 2.45) is 5.92 Å². The highest BCUT2D eigenvalue weighted by atomic mass is 16.2. The van der Waals surface area contributed by atoms with Gasteiger partial charge in [0, 0.05) is 37.7 Å². The van der Waals surface area contributed by atoms with Crippen LogP contribution in [0.3, 0.4) is 0 Å². The van der Waals surface area contributed by atoms with E-state index in [0.29, 0.717) is 5.91 Å². The molecule has 0 bridgehead atoms. The third-order valence-electron chi connectivity index (χ3n) is 6.68. The van der Waals surface area contributed by atoms with Crippen LogP contribution in [0.1, 0.15) is 49.2 Å². The average Bonchev–Trinajstić information content (AvgIpc) is 3.12. The molecule has 0 unspecified atom stereocenters. The summed E-state index contributed by atoms with van der Waals surface area (Å²) in [4.78, 5) is 25.7. The second-order valence-corrected chi connectivity index (χ2v) is 8.15. The van der Waals surface area contributed by atoms with Crippen LogP contribution >= 0.6 is 0 Å². The highest BCUT2D eigenvalue weighted by Gasteiger charge is 2.50. The van der Waals surface area contributed by atoms with E-state index in [1.165, 1.54) is 12.1 Å². The van der Waals surface area contributed by atoms with Gasteiger partial charge < -0.3 is 14.8 Å². The fourth-order valence-corrected chi connectivity index (χ4v) is 4.85. The Kier molecular flexibility index (Phi) is 3.91. The van der Waals surface area contributed by atoms with Crippen molar-refractivity contribution in [3.8, 4) is 0 Å². The Morgan fingerprint density at radius 1 is 1.19 bits per heavy atom. The molecule has 0 radical (unpaired) electrons. The van der Waals surface area contributed by atoms with Gasteiger partial charge in [-0.25, -0.2) is 4.98 Å². The average molecular weight is 366 g/mol. The summed E-state index contributed by atoms with van der Waals surface area (Å²) < 4.78 is 0. The number of nitrogens with zero attached hydrogens (tertiary/aromatic N) is 5. The number of piperidine rings is 1. The second kappa shape index (κ2) is 6.32. The molecule has 1 N–H and O–H groups in total. The monoisotopic (exact) mass is 366 g/mol. The summed E-state index contributed by atoms with van der Waals surface area (Å²) in [6.07, 6.45) is 7.72. The van der Waals surface area contributed by atoms with E-state index in [9.17, 15) is 4.79 Å². The number of rotatable bonds is 2. The lowest BCUT2D eigenvalue weighted by Crippen LogP contribution is -2.60. The Morgan fingerprint density at radius 2 is 2.00 bits per heavy atom. The standard InChI is InChI=1S/C20H26N6O/c1-14-5-6-17(24-23-14)25-11-8-20(9-12-25)18-16(21-13-22-18)7-10-26(20)19(27)15-3-2-4-15/h5-6,13,15H,2-4,7-12H2,1H3,(H,21,22). The Balaban J connectivity index is 1.43. The van der Waals surface area contributed by atoms with Gasteiger partial charge in [-0.1, -0.05) is 6.42 Å². The molecule has 5 rings (SSSR count). The number of amides is 1. The topological polar surface area (TPSA) is 78.0 Å². The second-order valence-electron chi connectivity index (χ2n) is 8.15. The summed E-state index contributed by atoms with van der Waals surface area (Å²) in [5.74, 6) is 1.49. The summed E-state index contributed by atoms with van der Waals surface area (Å²) in [5, 5.41) is 8.55. The fraction of sp³-hybridized carbons (Fsp3) is 0.600. The van der Waals surface area contributed by atoms with E-state index in [0.717, 1.165) is 68.9 Å². The zero-order valence-electron chi connectivity index (χ0n) is 15.8. The molecule has 2 aliphatic heterocycles. The lowest BCUT2D eigenvalue weighted by molar-refractivity contribution is -0.147. The number of aromatic amines is 1. The molecule has 142 valence electrons. The minimum Gasteiger partial charge on any atom is -0.355 e. The molecule has 2 fully saturated rings. The van der Waals surface area contributed by atoms with Crippen LogP contribution in [0.25, 0.3) is 0 Å². The van der Waals surface area contributed by atoms with Crippen LogP contribution in [0, 0.1) is 12.8 Å². The quantitative estimate of drug-likeness (QED) is 0.881. The minimum absolute atomic E-state index is 0.225. The van der Waals surface area contributed by atoms with Gasteiger partial charge in [0.1, 0.15) is 0 Å². The van der Waals surface area contributed by atoms with Crippen molar-refractivity contribution in [1.29, 1.82) is 0 Å². The number of fused-ring (bicyclic) bond motifs is 2. The molecule has 1 spiro atoms. The third kappa shape index (κ3) is 2.63. The van der Waals surface area contributed by atoms with Crippen LogP contribution in [-0.2, 0) is 16.8 Å². The van der Waals surface area contributed by atoms with E-state index >= 15 is 0 Å². The molecule has 4 heterocycles. The molecular formula is C20H26N6O. The predicted molar refractivity (Wildman–Crippen MR) is 101 cm³/mol. The first-order valence-corrected chi connectivity index (χ1v) is 10.1. The number of nitrogens with one attached hydrogen (secondary N) is 1. The number of H-pyrrole nitrogens is 1. The Bertz CT molecular complexity index is 832. The zero-order valence-corrected chi connectivity index (χ0v) is 15.8. The lowest BCUT2D eigenvalue weighted by Gasteiger charge is -2.52. The molecule has 27 heavy (non-hydrogen) atoms. The van der Waals surface area contributed by atoms with Crippen molar-refractivity contribution in [2.75, 3.05) is 24.5 Å². The summed E-state index contributed by atoms with van der Waals surface area (Å²) in [6.45, 7) is 4.47. The molecule has 1 saturated carbocycles. The lowest BCUT2D eigenvalue weighted by atomic mass is 9.76. The molecule has 7 heteroatoms. The number of hydrogen-bond acceptors (Lipinski definition) is 5. The maximum Gasteiger partial charge on any atom is 0.226 e. The first-order valence-electron chi connectivity index (χ1n) is 10.1. The van der Waals surface area contributed by atoms with Crippen LogP contribution < -0.4 is 4.90 Å². The van der Waals surface area contributed by atoms with Gasteiger partial charge >= 0.3 is 0 Å². The first-order chi connectivity index (χ1) is 13.2. The minimum atomic E-state index is -0.269. The normalized spacial score (nSPS) is 21.8. The van der Waals surface area contributed by atoms with Crippen LogP contribution in [0.4, 0.5) is 5.82 Å².